The van der Waals surface area contributed by atoms with Crippen LogP contribution < -0.4 is 5.32 Å². The van der Waals surface area contributed by atoms with Gasteiger partial charge in [-0.25, -0.2) is 14.4 Å². The van der Waals surface area contributed by atoms with E-state index in [1.807, 2.05) is 29.2 Å². The summed E-state index contributed by atoms with van der Waals surface area (Å²) in [6, 6.07) is 13.8. The van der Waals surface area contributed by atoms with Gasteiger partial charge in [0, 0.05) is 37.1 Å². The van der Waals surface area contributed by atoms with E-state index in [0.717, 1.165) is 22.9 Å². The molecular formula is C22H20BrFN4O. The maximum Gasteiger partial charge on any atom is 0.254 e. The fourth-order valence-electron chi connectivity index (χ4n) is 3.60. The third kappa shape index (κ3) is 4.62. The molecule has 1 saturated heterocycles. The lowest BCUT2D eigenvalue weighted by molar-refractivity contribution is 0.0715. The Balaban J connectivity index is 1.53. The molecule has 7 heteroatoms. The van der Waals surface area contributed by atoms with Gasteiger partial charge in [0.05, 0.1) is 4.47 Å². The monoisotopic (exact) mass is 454 g/mol. The summed E-state index contributed by atoms with van der Waals surface area (Å²) in [4.78, 5) is 23.6. The Kier molecular flexibility index (Phi) is 5.85. The number of anilines is 1. The fraction of sp³-hybridized carbons (Fsp3) is 0.227. The van der Waals surface area contributed by atoms with Crippen LogP contribution in [-0.4, -0.2) is 39.9 Å². The minimum Gasteiger partial charge on any atom is -0.350 e. The molecule has 0 aliphatic carbocycles. The van der Waals surface area contributed by atoms with Gasteiger partial charge >= 0.3 is 0 Å². The highest BCUT2D eigenvalue weighted by Crippen LogP contribution is 2.26. The lowest BCUT2D eigenvalue weighted by Crippen LogP contribution is -2.45. The van der Waals surface area contributed by atoms with Crippen LogP contribution in [0.2, 0.25) is 0 Å². The molecule has 1 unspecified atom stereocenters. The fourth-order valence-corrected chi connectivity index (χ4v) is 3.80. The Morgan fingerprint density at radius 3 is 2.72 bits per heavy atom. The molecule has 2 aromatic carbocycles. The van der Waals surface area contributed by atoms with Crippen molar-refractivity contribution in [1.29, 1.82) is 0 Å². The van der Waals surface area contributed by atoms with E-state index >= 15 is 0 Å². The third-order valence-electron chi connectivity index (χ3n) is 4.96. The maximum absolute atomic E-state index is 13.7. The van der Waals surface area contributed by atoms with E-state index in [9.17, 15) is 9.18 Å². The molecule has 1 aromatic heterocycles. The summed E-state index contributed by atoms with van der Waals surface area (Å²) in [5.41, 5.74) is 2.02. The number of benzene rings is 2. The predicted octanol–water partition coefficient (Wildman–Crippen LogP) is 4.76. The van der Waals surface area contributed by atoms with Crippen LogP contribution in [0.4, 0.5) is 10.3 Å². The lowest BCUT2D eigenvalue weighted by Gasteiger charge is -2.33. The van der Waals surface area contributed by atoms with Gasteiger partial charge in [0.2, 0.25) is 5.95 Å². The predicted molar refractivity (Wildman–Crippen MR) is 114 cm³/mol. The largest absolute Gasteiger partial charge is 0.350 e. The molecule has 1 N–H and O–H groups in total. The summed E-state index contributed by atoms with van der Waals surface area (Å²) in [5, 5.41) is 3.31. The topological polar surface area (TPSA) is 58.1 Å². The molecule has 0 saturated carbocycles. The molecule has 0 spiro atoms. The zero-order valence-corrected chi connectivity index (χ0v) is 17.3. The highest BCUT2D eigenvalue weighted by Gasteiger charge is 2.26. The van der Waals surface area contributed by atoms with Crippen molar-refractivity contribution < 1.29 is 9.18 Å². The van der Waals surface area contributed by atoms with Crippen molar-refractivity contribution in [1.82, 2.24) is 14.9 Å². The average molecular weight is 455 g/mol. The Labute approximate surface area is 177 Å². The standard InChI is InChI=1S/C22H20BrFN4O/c23-16-12-25-22(26-13-16)27-18-7-4-10-28(14-18)21(29)20-9-2-1-8-19(20)15-5-3-6-17(24)11-15/h1-3,5-6,8-9,11-13,18H,4,7,10,14H2,(H,25,26,27). The first-order chi connectivity index (χ1) is 14.1. The van der Waals surface area contributed by atoms with Crippen molar-refractivity contribution in [2.24, 2.45) is 0 Å². The lowest BCUT2D eigenvalue weighted by atomic mass is 9.97. The quantitative estimate of drug-likeness (QED) is 0.617. The number of carbonyl (C=O) groups excluding carboxylic acids is 1. The second kappa shape index (κ2) is 8.69. The SMILES string of the molecule is O=C(c1ccccc1-c1cccc(F)c1)N1CCCC(Nc2ncc(Br)cn2)C1. The molecule has 3 aromatic rings. The number of halogens is 2. The van der Waals surface area contributed by atoms with Crippen molar-refractivity contribution in [3.8, 4) is 11.1 Å². The molecule has 2 heterocycles. The van der Waals surface area contributed by atoms with Crippen LogP contribution in [0.15, 0.2) is 65.4 Å². The van der Waals surface area contributed by atoms with E-state index < -0.39 is 0 Å². The second-order valence-corrected chi connectivity index (χ2v) is 7.93. The molecule has 1 aliphatic heterocycles. The Morgan fingerprint density at radius 2 is 1.93 bits per heavy atom. The molecule has 29 heavy (non-hydrogen) atoms. The number of aromatic nitrogens is 2. The minimum atomic E-state index is -0.318. The molecule has 4 rings (SSSR count). The summed E-state index contributed by atoms with van der Waals surface area (Å²) in [6.07, 6.45) is 5.21. The number of likely N-dealkylation sites (tertiary alicyclic amines) is 1. The number of nitrogens with one attached hydrogen (secondary N) is 1. The number of rotatable bonds is 4. The first kappa shape index (κ1) is 19.5. The number of piperidine rings is 1. The van der Waals surface area contributed by atoms with Crippen LogP contribution in [0, 0.1) is 5.82 Å². The summed E-state index contributed by atoms with van der Waals surface area (Å²) < 4.78 is 14.5. The highest BCUT2D eigenvalue weighted by molar-refractivity contribution is 9.10. The van der Waals surface area contributed by atoms with E-state index in [1.165, 1.54) is 12.1 Å². The van der Waals surface area contributed by atoms with Crippen LogP contribution in [0.3, 0.4) is 0 Å². The summed E-state index contributed by atoms with van der Waals surface area (Å²) in [6.45, 7) is 1.26. The van der Waals surface area contributed by atoms with E-state index in [0.29, 0.717) is 30.2 Å². The van der Waals surface area contributed by atoms with Gasteiger partial charge in [0.25, 0.3) is 5.91 Å². The maximum atomic E-state index is 13.7. The molecule has 1 atom stereocenters. The zero-order chi connectivity index (χ0) is 20.2. The van der Waals surface area contributed by atoms with Gasteiger partial charge in [-0.2, -0.15) is 0 Å². The molecule has 0 radical (unpaired) electrons. The minimum absolute atomic E-state index is 0.0481. The van der Waals surface area contributed by atoms with E-state index in [2.05, 4.69) is 31.2 Å². The summed E-state index contributed by atoms with van der Waals surface area (Å²) in [7, 11) is 0. The number of carbonyl (C=O) groups is 1. The third-order valence-corrected chi connectivity index (χ3v) is 5.36. The van der Waals surface area contributed by atoms with Crippen molar-refractivity contribution in [2.45, 2.75) is 18.9 Å². The van der Waals surface area contributed by atoms with Gasteiger partial charge < -0.3 is 10.2 Å². The van der Waals surface area contributed by atoms with Crippen LogP contribution in [-0.2, 0) is 0 Å². The molecule has 1 aliphatic rings. The van der Waals surface area contributed by atoms with Crippen LogP contribution >= 0.6 is 15.9 Å². The molecule has 0 bridgehead atoms. The van der Waals surface area contributed by atoms with Crippen molar-refractivity contribution >= 4 is 27.8 Å². The van der Waals surface area contributed by atoms with Crippen LogP contribution in [0.1, 0.15) is 23.2 Å². The molecule has 1 amide bonds. The van der Waals surface area contributed by atoms with Crippen LogP contribution in [0.5, 0.6) is 0 Å². The number of hydrogen-bond acceptors (Lipinski definition) is 4. The smallest absolute Gasteiger partial charge is 0.254 e. The summed E-state index contributed by atoms with van der Waals surface area (Å²) >= 11 is 3.33. The van der Waals surface area contributed by atoms with Crippen LogP contribution in [0.25, 0.3) is 11.1 Å². The Bertz CT molecular complexity index is 1010. The number of amides is 1. The number of hydrogen-bond donors (Lipinski definition) is 1. The Hall–Kier alpha value is -2.80. The first-order valence-electron chi connectivity index (χ1n) is 9.48. The van der Waals surface area contributed by atoms with Gasteiger partial charge in [0.1, 0.15) is 5.82 Å². The number of nitrogens with zero attached hydrogens (tertiary/aromatic N) is 3. The van der Waals surface area contributed by atoms with Crippen molar-refractivity contribution in [3.63, 3.8) is 0 Å². The molecule has 5 nitrogen and oxygen atoms in total. The summed E-state index contributed by atoms with van der Waals surface area (Å²) in [5.74, 6) is 0.183. The van der Waals surface area contributed by atoms with E-state index in [-0.39, 0.29) is 17.8 Å². The Morgan fingerprint density at radius 1 is 1.14 bits per heavy atom. The molecule has 1 fully saturated rings. The van der Waals surface area contributed by atoms with Gasteiger partial charge in [-0.05, 0) is 58.1 Å². The molecular weight excluding hydrogens is 435 g/mol. The normalized spacial score (nSPS) is 16.5. The molecule has 148 valence electrons. The van der Waals surface area contributed by atoms with Gasteiger partial charge in [-0.3, -0.25) is 4.79 Å². The first-order valence-corrected chi connectivity index (χ1v) is 10.3. The second-order valence-electron chi connectivity index (χ2n) is 7.02. The average Bonchev–Trinajstić information content (AvgIpc) is 2.75. The van der Waals surface area contributed by atoms with E-state index in [4.69, 9.17) is 0 Å². The van der Waals surface area contributed by atoms with E-state index in [1.54, 1.807) is 24.5 Å². The zero-order valence-electron chi connectivity index (χ0n) is 15.7. The van der Waals surface area contributed by atoms with Gasteiger partial charge in [0.15, 0.2) is 0 Å². The van der Waals surface area contributed by atoms with Gasteiger partial charge in [-0.1, -0.05) is 30.3 Å². The van der Waals surface area contributed by atoms with Crippen molar-refractivity contribution in [3.05, 3.63) is 76.8 Å². The van der Waals surface area contributed by atoms with Crippen molar-refractivity contribution in [2.75, 3.05) is 18.4 Å². The van der Waals surface area contributed by atoms with Gasteiger partial charge in [-0.15, -0.1) is 0 Å². The highest BCUT2D eigenvalue weighted by atomic mass is 79.9.